The Bertz CT molecular complexity index is 2170. The second-order valence-electron chi connectivity index (χ2n) is 10.6. The Morgan fingerprint density at radius 2 is 0.714 bits per heavy atom. The molecule has 0 amide bonds. The first kappa shape index (κ1) is 24.2. The highest BCUT2D eigenvalue weighted by Gasteiger charge is 2.14. The molecule has 196 valence electrons. The Balaban J connectivity index is 1.55. The molecule has 0 aliphatic heterocycles. The molecule has 42 heavy (non-hydrogen) atoms. The van der Waals surface area contributed by atoms with Crippen molar-refractivity contribution in [2.45, 2.75) is 0 Å². The molecule has 0 aromatic heterocycles. The van der Waals surface area contributed by atoms with E-state index in [1.165, 1.54) is 21.5 Å². The first-order chi connectivity index (χ1) is 20.8. The Morgan fingerprint density at radius 3 is 1.17 bits per heavy atom. The minimum absolute atomic E-state index is 0.887. The van der Waals surface area contributed by atoms with Gasteiger partial charge >= 0.3 is 0 Å². The predicted molar refractivity (Wildman–Crippen MR) is 176 cm³/mol. The normalized spacial score (nSPS) is 12.6. The Labute approximate surface area is 243 Å². The van der Waals surface area contributed by atoms with Crippen LogP contribution in [0.2, 0.25) is 0 Å². The van der Waals surface area contributed by atoms with Crippen LogP contribution in [0.1, 0.15) is 0 Å². The van der Waals surface area contributed by atoms with E-state index >= 15 is 0 Å². The monoisotopic (exact) mass is 534 g/mol. The lowest BCUT2D eigenvalue weighted by Gasteiger charge is -2.13. The van der Waals surface area contributed by atoms with Gasteiger partial charge in [-0.2, -0.15) is 0 Å². The molecule has 0 atom stereocenters. The minimum Gasteiger partial charge on any atom is -0.245 e. The van der Waals surface area contributed by atoms with Crippen LogP contribution in [0.25, 0.3) is 54.6 Å². The Kier molecular flexibility index (Phi) is 5.82. The lowest BCUT2D eigenvalue weighted by atomic mass is 9.93. The quantitative estimate of drug-likeness (QED) is 0.201. The number of benzene rings is 8. The van der Waals surface area contributed by atoms with Crippen LogP contribution in [-0.4, -0.2) is 0 Å². The maximum absolute atomic E-state index is 5.47. The van der Waals surface area contributed by atoms with Gasteiger partial charge in [0.15, 0.2) is 0 Å². The van der Waals surface area contributed by atoms with Gasteiger partial charge in [-0.1, -0.05) is 146 Å². The van der Waals surface area contributed by atoms with Crippen LogP contribution in [0.4, 0.5) is 11.4 Å². The molecule has 0 N–H and O–H groups in total. The molecular weight excluding hydrogens is 508 g/mol. The smallest absolute Gasteiger partial charge is 0.0979 e. The third-order valence-corrected chi connectivity index (χ3v) is 8.06. The largest absolute Gasteiger partial charge is 0.245 e. The predicted octanol–water partition coefficient (Wildman–Crippen LogP) is 9.82. The van der Waals surface area contributed by atoms with Crippen molar-refractivity contribution in [1.29, 1.82) is 0 Å². The molecule has 0 spiro atoms. The minimum atomic E-state index is 0.887. The standard InChI is InChI=1S/C40H26N2/c1-3-13-27(14-4-1)31-19-7-9-23-35(31)41-39-33-21-11-17-29-25-26-30-18-12-22-34(38(30)37(29)33)40(39)42-36-24-10-8-20-32(36)28-15-5-2-6-16-28/h1-26H. The van der Waals surface area contributed by atoms with Crippen LogP contribution in [0.15, 0.2) is 168 Å². The lowest BCUT2D eigenvalue weighted by molar-refractivity contribution is 1.27. The molecular formula is C40H26N2. The van der Waals surface area contributed by atoms with Gasteiger partial charge in [-0.05, 0) is 44.8 Å². The molecule has 0 bridgehead atoms. The van der Waals surface area contributed by atoms with Gasteiger partial charge in [0.25, 0.3) is 0 Å². The molecule has 0 saturated carbocycles. The molecule has 0 unspecified atom stereocenters. The summed E-state index contributed by atoms with van der Waals surface area (Å²) in [5.74, 6) is 0. The SMILES string of the molecule is c1ccc(-c2ccccc2N=c2c(=Nc3ccccc3-c3ccccc3)c3cccc4ccc5cccc2c5c43)cc1. The summed E-state index contributed by atoms with van der Waals surface area (Å²) in [6, 6.07) is 55.2. The zero-order valence-corrected chi connectivity index (χ0v) is 22.9. The highest BCUT2D eigenvalue weighted by molar-refractivity contribution is 6.22. The Hall–Kier alpha value is -5.60. The summed E-state index contributed by atoms with van der Waals surface area (Å²) in [4.78, 5) is 10.9. The van der Waals surface area contributed by atoms with Crippen LogP contribution in [0.3, 0.4) is 0 Å². The first-order valence-electron chi connectivity index (χ1n) is 14.3. The second-order valence-corrected chi connectivity index (χ2v) is 10.6. The zero-order valence-electron chi connectivity index (χ0n) is 22.9. The average Bonchev–Trinajstić information content (AvgIpc) is 3.06. The fourth-order valence-electron chi connectivity index (χ4n) is 6.14. The number of hydrogen-bond donors (Lipinski definition) is 0. The summed E-state index contributed by atoms with van der Waals surface area (Å²) in [5.41, 5.74) is 6.32. The number of hydrogen-bond acceptors (Lipinski definition) is 2. The van der Waals surface area contributed by atoms with Gasteiger partial charge in [-0.25, -0.2) is 9.98 Å². The molecule has 2 nitrogen and oxygen atoms in total. The van der Waals surface area contributed by atoms with Crippen molar-refractivity contribution in [1.82, 2.24) is 0 Å². The van der Waals surface area contributed by atoms with Gasteiger partial charge in [0.1, 0.15) is 0 Å². The fourth-order valence-corrected chi connectivity index (χ4v) is 6.14. The van der Waals surface area contributed by atoms with E-state index < -0.39 is 0 Å². The summed E-state index contributed by atoms with van der Waals surface area (Å²) >= 11 is 0. The summed E-state index contributed by atoms with van der Waals surface area (Å²) in [6.45, 7) is 0. The lowest BCUT2D eigenvalue weighted by Crippen LogP contribution is -2.27. The van der Waals surface area contributed by atoms with Gasteiger partial charge in [-0.15, -0.1) is 0 Å². The molecule has 0 radical (unpaired) electrons. The summed E-state index contributed by atoms with van der Waals surface area (Å²) < 4.78 is 0. The van der Waals surface area contributed by atoms with E-state index in [-0.39, 0.29) is 0 Å². The van der Waals surface area contributed by atoms with Crippen LogP contribution < -0.4 is 10.7 Å². The highest BCUT2D eigenvalue weighted by atomic mass is 14.8. The summed E-state index contributed by atoms with van der Waals surface area (Å²) in [6.07, 6.45) is 0. The van der Waals surface area contributed by atoms with Crippen LogP contribution in [-0.2, 0) is 0 Å². The fraction of sp³-hybridized carbons (Fsp3) is 0. The van der Waals surface area contributed by atoms with Crippen LogP contribution in [0, 0.1) is 0 Å². The van der Waals surface area contributed by atoms with Crippen molar-refractivity contribution in [3.05, 3.63) is 168 Å². The Morgan fingerprint density at radius 1 is 0.310 bits per heavy atom. The molecule has 8 aromatic rings. The van der Waals surface area contributed by atoms with E-state index in [0.717, 1.165) is 55.1 Å². The van der Waals surface area contributed by atoms with Crippen LogP contribution >= 0.6 is 0 Å². The van der Waals surface area contributed by atoms with E-state index in [4.69, 9.17) is 9.98 Å². The van der Waals surface area contributed by atoms with Gasteiger partial charge in [0.2, 0.25) is 0 Å². The van der Waals surface area contributed by atoms with E-state index in [1.807, 2.05) is 12.1 Å². The van der Waals surface area contributed by atoms with Crippen molar-refractivity contribution in [2.75, 3.05) is 0 Å². The van der Waals surface area contributed by atoms with E-state index in [1.54, 1.807) is 0 Å². The van der Waals surface area contributed by atoms with E-state index in [0.29, 0.717) is 0 Å². The third-order valence-electron chi connectivity index (χ3n) is 8.06. The topological polar surface area (TPSA) is 24.7 Å². The van der Waals surface area contributed by atoms with Gasteiger partial charge < -0.3 is 0 Å². The first-order valence-corrected chi connectivity index (χ1v) is 14.3. The second kappa shape index (κ2) is 10.1. The van der Waals surface area contributed by atoms with Crippen molar-refractivity contribution in [2.24, 2.45) is 9.98 Å². The van der Waals surface area contributed by atoms with E-state index in [9.17, 15) is 0 Å². The van der Waals surface area contributed by atoms with Crippen LogP contribution in [0.5, 0.6) is 0 Å². The van der Waals surface area contributed by atoms with Gasteiger partial charge in [0, 0.05) is 21.9 Å². The van der Waals surface area contributed by atoms with Gasteiger partial charge in [0.05, 0.1) is 22.1 Å². The molecule has 0 aliphatic rings. The van der Waals surface area contributed by atoms with Crippen molar-refractivity contribution < 1.29 is 0 Å². The molecule has 8 aromatic carbocycles. The number of rotatable bonds is 4. The average molecular weight is 535 g/mol. The van der Waals surface area contributed by atoms with Crippen molar-refractivity contribution >= 4 is 43.7 Å². The molecule has 0 aliphatic carbocycles. The van der Waals surface area contributed by atoms with E-state index in [2.05, 4.69) is 146 Å². The molecule has 8 rings (SSSR count). The maximum atomic E-state index is 5.47. The third kappa shape index (κ3) is 4.05. The zero-order chi connectivity index (χ0) is 27.9. The highest BCUT2D eigenvalue weighted by Crippen LogP contribution is 2.34. The molecule has 2 heteroatoms. The number of nitrogens with zero attached hydrogens (tertiary/aromatic N) is 2. The summed E-state index contributed by atoms with van der Waals surface area (Å²) in [5, 5.41) is 8.87. The van der Waals surface area contributed by atoms with Crippen molar-refractivity contribution in [3.8, 4) is 22.3 Å². The summed E-state index contributed by atoms with van der Waals surface area (Å²) in [7, 11) is 0. The molecule has 0 heterocycles. The maximum Gasteiger partial charge on any atom is 0.0979 e. The van der Waals surface area contributed by atoms with Crippen molar-refractivity contribution in [3.63, 3.8) is 0 Å². The molecule has 0 fully saturated rings. The molecule has 0 saturated heterocycles. The van der Waals surface area contributed by atoms with Gasteiger partial charge in [-0.3, -0.25) is 0 Å². The number of para-hydroxylation sites is 2.